The lowest BCUT2D eigenvalue weighted by atomic mass is 9.99. The largest absolute Gasteiger partial charge is 0.481 e. The summed E-state index contributed by atoms with van der Waals surface area (Å²) in [5, 5.41) is 12.4. The SMILES string of the molecule is Cc1ccc(Cl)c(OC(C)C(=O)NCC(C(=O)O)c2ccccc2)c1. The third-order valence-electron chi connectivity index (χ3n) is 3.74. The number of aliphatic carboxylic acids is 1. The summed E-state index contributed by atoms with van der Waals surface area (Å²) in [7, 11) is 0. The van der Waals surface area contributed by atoms with Crippen molar-refractivity contribution in [2.24, 2.45) is 0 Å². The molecule has 2 aromatic carbocycles. The van der Waals surface area contributed by atoms with Gasteiger partial charge in [0.05, 0.1) is 10.9 Å². The molecule has 1 amide bonds. The molecule has 5 nitrogen and oxygen atoms in total. The zero-order chi connectivity index (χ0) is 18.4. The van der Waals surface area contributed by atoms with Crippen LogP contribution in [-0.2, 0) is 9.59 Å². The molecule has 0 spiro atoms. The van der Waals surface area contributed by atoms with E-state index >= 15 is 0 Å². The Morgan fingerprint density at radius 3 is 2.52 bits per heavy atom. The van der Waals surface area contributed by atoms with Crippen molar-refractivity contribution >= 4 is 23.5 Å². The van der Waals surface area contributed by atoms with Crippen LogP contribution in [0, 0.1) is 6.92 Å². The molecule has 6 heteroatoms. The monoisotopic (exact) mass is 361 g/mol. The number of nitrogens with one attached hydrogen (secondary N) is 1. The minimum absolute atomic E-state index is 0.0204. The van der Waals surface area contributed by atoms with E-state index < -0.39 is 23.9 Å². The minimum atomic E-state index is -0.998. The maximum absolute atomic E-state index is 12.2. The fourth-order valence-corrected chi connectivity index (χ4v) is 2.49. The number of hydrogen-bond donors (Lipinski definition) is 2. The van der Waals surface area contributed by atoms with Crippen molar-refractivity contribution in [2.45, 2.75) is 25.9 Å². The molecule has 2 N–H and O–H groups in total. The highest BCUT2D eigenvalue weighted by atomic mass is 35.5. The fraction of sp³-hybridized carbons (Fsp3) is 0.263. The van der Waals surface area contributed by atoms with Crippen LogP contribution in [0.5, 0.6) is 5.75 Å². The number of halogens is 1. The molecule has 0 bridgehead atoms. The maximum atomic E-state index is 12.2. The van der Waals surface area contributed by atoms with Crippen LogP contribution in [0.15, 0.2) is 48.5 Å². The molecule has 2 aromatic rings. The van der Waals surface area contributed by atoms with Crippen LogP contribution in [0.3, 0.4) is 0 Å². The molecule has 0 aliphatic rings. The van der Waals surface area contributed by atoms with E-state index in [9.17, 15) is 14.7 Å². The first-order chi connectivity index (χ1) is 11.9. The fourth-order valence-electron chi connectivity index (χ4n) is 2.32. The molecule has 2 unspecified atom stereocenters. The average Bonchev–Trinajstić information content (AvgIpc) is 2.58. The Morgan fingerprint density at radius 2 is 1.88 bits per heavy atom. The summed E-state index contributed by atoms with van der Waals surface area (Å²) in [5.74, 6) is -1.80. The normalized spacial score (nSPS) is 12.9. The van der Waals surface area contributed by atoms with Crippen LogP contribution in [0.25, 0.3) is 0 Å². The van der Waals surface area contributed by atoms with Crippen molar-refractivity contribution in [2.75, 3.05) is 6.54 Å². The number of benzene rings is 2. The summed E-state index contributed by atoms with van der Waals surface area (Å²) in [5.41, 5.74) is 1.59. The van der Waals surface area contributed by atoms with Crippen molar-refractivity contribution < 1.29 is 19.4 Å². The number of ether oxygens (including phenoxy) is 1. The Kier molecular flexibility index (Phi) is 6.42. The topological polar surface area (TPSA) is 75.6 Å². The minimum Gasteiger partial charge on any atom is -0.481 e. The van der Waals surface area contributed by atoms with E-state index in [-0.39, 0.29) is 6.54 Å². The standard InChI is InChI=1S/C19H20ClNO4/c1-12-8-9-16(20)17(10-12)25-13(2)18(22)21-11-15(19(23)24)14-6-4-3-5-7-14/h3-10,13,15H,11H2,1-2H3,(H,21,22)(H,23,24). The van der Waals surface area contributed by atoms with Gasteiger partial charge in [-0.3, -0.25) is 9.59 Å². The predicted molar refractivity (Wildman–Crippen MR) is 96.1 cm³/mol. The van der Waals surface area contributed by atoms with Gasteiger partial charge in [0.25, 0.3) is 5.91 Å². The van der Waals surface area contributed by atoms with Gasteiger partial charge < -0.3 is 15.2 Å². The molecule has 132 valence electrons. The van der Waals surface area contributed by atoms with Crippen molar-refractivity contribution in [3.63, 3.8) is 0 Å². The summed E-state index contributed by atoms with van der Waals surface area (Å²) in [6.07, 6.45) is -0.801. The third kappa shape index (κ3) is 5.22. The Labute approximate surface area is 151 Å². The van der Waals surface area contributed by atoms with Gasteiger partial charge in [0.1, 0.15) is 5.75 Å². The predicted octanol–water partition coefficient (Wildman–Crippen LogP) is 3.40. The van der Waals surface area contributed by atoms with E-state index in [0.717, 1.165) is 5.56 Å². The summed E-state index contributed by atoms with van der Waals surface area (Å²) in [6.45, 7) is 3.46. The second-order valence-corrected chi connectivity index (χ2v) is 6.15. The van der Waals surface area contributed by atoms with Crippen LogP contribution in [0.2, 0.25) is 5.02 Å². The van der Waals surface area contributed by atoms with Crippen LogP contribution in [-0.4, -0.2) is 29.6 Å². The van der Waals surface area contributed by atoms with E-state index in [0.29, 0.717) is 16.3 Å². The number of carboxylic acids is 1. The molecule has 0 saturated heterocycles. The third-order valence-corrected chi connectivity index (χ3v) is 4.05. The highest BCUT2D eigenvalue weighted by Gasteiger charge is 2.23. The summed E-state index contributed by atoms with van der Waals surface area (Å²) >= 11 is 6.06. The number of carboxylic acid groups (broad SMARTS) is 1. The number of carbonyl (C=O) groups excluding carboxylic acids is 1. The second kappa shape index (κ2) is 8.53. The van der Waals surface area contributed by atoms with Crippen LogP contribution < -0.4 is 10.1 Å². The van der Waals surface area contributed by atoms with E-state index in [1.807, 2.05) is 19.1 Å². The summed E-state index contributed by atoms with van der Waals surface area (Å²) < 4.78 is 5.59. The maximum Gasteiger partial charge on any atom is 0.312 e. The van der Waals surface area contributed by atoms with Crippen LogP contribution in [0.1, 0.15) is 24.0 Å². The van der Waals surface area contributed by atoms with E-state index in [1.54, 1.807) is 43.3 Å². The van der Waals surface area contributed by atoms with Gasteiger partial charge in [-0.25, -0.2) is 0 Å². The number of amides is 1. The second-order valence-electron chi connectivity index (χ2n) is 5.74. The lowest BCUT2D eigenvalue weighted by Crippen LogP contribution is -2.39. The Bertz CT molecular complexity index is 748. The number of hydrogen-bond acceptors (Lipinski definition) is 3. The molecular formula is C19H20ClNO4. The highest BCUT2D eigenvalue weighted by molar-refractivity contribution is 6.32. The van der Waals surface area contributed by atoms with E-state index in [1.165, 1.54) is 0 Å². The molecule has 0 heterocycles. The summed E-state index contributed by atoms with van der Waals surface area (Å²) in [4.78, 5) is 23.7. The number of aryl methyl sites for hydroxylation is 1. The van der Waals surface area contributed by atoms with Gasteiger partial charge in [0, 0.05) is 6.54 Å². The smallest absolute Gasteiger partial charge is 0.312 e. The van der Waals surface area contributed by atoms with Crippen LogP contribution in [0.4, 0.5) is 0 Å². The molecule has 2 atom stereocenters. The van der Waals surface area contributed by atoms with Crippen molar-refractivity contribution in [1.29, 1.82) is 0 Å². The van der Waals surface area contributed by atoms with Crippen molar-refractivity contribution in [3.05, 3.63) is 64.7 Å². The van der Waals surface area contributed by atoms with Gasteiger partial charge in [-0.05, 0) is 37.1 Å². The number of rotatable bonds is 7. The van der Waals surface area contributed by atoms with Gasteiger partial charge in [-0.2, -0.15) is 0 Å². The first-order valence-electron chi connectivity index (χ1n) is 7.86. The van der Waals surface area contributed by atoms with Crippen molar-refractivity contribution in [1.82, 2.24) is 5.32 Å². The van der Waals surface area contributed by atoms with E-state index in [2.05, 4.69) is 5.32 Å². The van der Waals surface area contributed by atoms with Gasteiger partial charge in [-0.1, -0.05) is 48.0 Å². The zero-order valence-corrected chi connectivity index (χ0v) is 14.8. The van der Waals surface area contributed by atoms with Crippen molar-refractivity contribution in [3.8, 4) is 5.75 Å². The Hall–Kier alpha value is -2.53. The number of carbonyl (C=O) groups is 2. The average molecular weight is 362 g/mol. The molecule has 25 heavy (non-hydrogen) atoms. The van der Waals surface area contributed by atoms with Crippen LogP contribution >= 0.6 is 11.6 Å². The Morgan fingerprint density at radius 1 is 1.20 bits per heavy atom. The molecular weight excluding hydrogens is 342 g/mol. The summed E-state index contributed by atoms with van der Waals surface area (Å²) in [6, 6.07) is 14.1. The molecule has 0 radical (unpaired) electrons. The molecule has 2 rings (SSSR count). The quantitative estimate of drug-likeness (QED) is 0.792. The lowest BCUT2D eigenvalue weighted by molar-refractivity contribution is -0.138. The van der Waals surface area contributed by atoms with E-state index in [4.69, 9.17) is 16.3 Å². The van der Waals surface area contributed by atoms with Gasteiger partial charge >= 0.3 is 5.97 Å². The van der Waals surface area contributed by atoms with Gasteiger partial charge in [-0.15, -0.1) is 0 Å². The molecule has 0 aromatic heterocycles. The molecule has 0 aliphatic heterocycles. The molecule has 0 fully saturated rings. The first-order valence-corrected chi connectivity index (χ1v) is 8.24. The first kappa shape index (κ1) is 18.8. The Balaban J connectivity index is 1.98. The molecule has 0 aliphatic carbocycles. The highest BCUT2D eigenvalue weighted by Crippen LogP contribution is 2.26. The van der Waals surface area contributed by atoms with Gasteiger partial charge in [0.15, 0.2) is 6.10 Å². The molecule has 0 saturated carbocycles. The lowest BCUT2D eigenvalue weighted by Gasteiger charge is -2.18. The van der Waals surface area contributed by atoms with Gasteiger partial charge in [0.2, 0.25) is 0 Å². The zero-order valence-electron chi connectivity index (χ0n) is 14.0.